The molecule has 1 amide bonds. The maximum atomic E-state index is 13.6. The second-order valence-corrected chi connectivity index (χ2v) is 7.81. The summed E-state index contributed by atoms with van der Waals surface area (Å²) in [6.45, 7) is 4.17. The van der Waals surface area contributed by atoms with E-state index in [1.54, 1.807) is 13.8 Å². The van der Waals surface area contributed by atoms with Gasteiger partial charge in [-0.25, -0.2) is 4.39 Å². The van der Waals surface area contributed by atoms with Gasteiger partial charge in [-0.2, -0.15) is 0 Å². The number of hydrogen-bond acceptors (Lipinski definition) is 5. The van der Waals surface area contributed by atoms with Crippen LogP contribution < -0.4 is 4.74 Å². The Hall–Kier alpha value is -2.70. The number of benzene rings is 1. The summed E-state index contributed by atoms with van der Waals surface area (Å²) in [5, 5.41) is 0. The zero-order valence-corrected chi connectivity index (χ0v) is 16.3. The lowest BCUT2D eigenvalue weighted by Crippen LogP contribution is -2.45. The molecule has 150 valence electrons. The fraction of sp³-hybridized carbons (Fsp3) is 0.476. The third-order valence-corrected chi connectivity index (χ3v) is 5.00. The zero-order valence-electron chi connectivity index (χ0n) is 16.3. The molecule has 2 aliphatic heterocycles. The summed E-state index contributed by atoms with van der Waals surface area (Å²) in [7, 11) is 1.42. The Morgan fingerprint density at radius 2 is 2.07 bits per heavy atom. The lowest BCUT2D eigenvalue weighted by molar-refractivity contribution is -0.139. The predicted octanol–water partition coefficient (Wildman–Crippen LogP) is 2.91. The Kier molecular flexibility index (Phi) is 5.54. The molecule has 28 heavy (non-hydrogen) atoms. The number of Topliss-reactive ketones (excluding diaryl/α,β-unsaturated/α-hetero) is 1. The molecular weight excluding hydrogens is 365 g/mol. The highest BCUT2D eigenvalue weighted by Gasteiger charge is 2.36. The minimum absolute atomic E-state index is 0.0117. The van der Waals surface area contributed by atoms with Crippen LogP contribution in [0.2, 0.25) is 0 Å². The van der Waals surface area contributed by atoms with E-state index in [1.165, 1.54) is 30.2 Å². The van der Waals surface area contributed by atoms with E-state index in [1.807, 2.05) is 0 Å². The zero-order chi connectivity index (χ0) is 20.5. The van der Waals surface area contributed by atoms with E-state index in [4.69, 9.17) is 9.47 Å². The second kappa shape index (κ2) is 7.73. The minimum Gasteiger partial charge on any atom is -0.496 e. The Labute approximate surface area is 163 Å². The molecule has 0 unspecified atom stereocenters. The standard InChI is InChI=1S/C21H24FNO5/c1-21(2)11-15(24)10-18(28-21)20(26)23-8-4-5-13(12-23)19(25)16-9-14(22)6-7-17(16)27-3/h6-7,9-10,13H,4-5,8,11-12H2,1-3H3/t13-/m0/s1. The summed E-state index contributed by atoms with van der Waals surface area (Å²) in [5.74, 6) is -1.49. The Morgan fingerprint density at radius 1 is 1.32 bits per heavy atom. The van der Waals surface area contributed by atoms with Crippen molar-refractivity contribution in [3.63, 3.8) is 0 Å². The van der Waals surface area contributed by atoms with Gasteiger partial charge in [-0.1, -0.05) is 0 Å². The number of nitrogens with zero attached hydrogens (tertiary/aromatic N) is 1. The topological polar surface area (TPSA) is 72.9 Å². The number of halogens is 1. The van der Waals surface area contributed by atoms with E-state index in [-0.39, 0.29) is 35.9 Å². The van der Waals surface area contributed by atoms with Crippen molar-refractivity contribution < 1.29 is 28.2 Å². The Balaban J connectivity index is 1.77. The monoisotopic (exact) mass is 389 g/mol. The summed E-state index contributed by atoms with van der Waals surface area (Å²) in [5.41, 5.74) is -0.567. The van der Waals surface area contributed by atoms with Crippen LogP contribution in [0.5, 0.6) is 5.75 Å². The number of methoxy groups -OCH3 is 1. The fourth-order valence-electron chi connectivity index (χ4n) is 3.71. The van der Waals surface area contributed by atoms with Gasteiger partial charge in [0.15, 0.2) is 17.3 Å². The van der Waals surface area contributed by atoms with Crippen LogP contribution >= 0.6 is 0 Å². The molecule has 0 radical (unpaired) electrons. The molecule has 2 aliphatic rings. The molecule has 1 aromatic rings. The molecule has 1 saturated heterocycles. The smallest absolute Gasteiger partial charge is 0.289 e. The molecule has 0 saturated carbocycles. The van der Waals surface area contributed by atoms with Gasteiger partial charge < -0.3 is 14.4 Å². The SMILES string of the molecule is COc1ccc(F)cc1C(=O)[C@H]1CCCN(C(=O)C2=CC(=O)CC(C)(C)O2)C1. The molecule has 0 N–H and O–H groups in total. The lowest BCUT2D eigenvalue weighted by Gasteiger charge is -2.35. The van der Waals surface area contributed by atoms with Crippen LogP contribution in [-0.2, 0) is 14.3 Å². The number of carbonyl (C=O) groups excluding carboxylic acids is 3. The van der Waals surface area contributed by atoms with Gasteiger partial charge >= 0.3 is 0 Å². The first-order chi connectivity index (χ1) is 13.2. The van der Waals surface area contributed by atoms with E-state index in [2.05, 4.69) is 0 Å². The summed E-state index contributed by atoms with van der Waals surface area (Å²) in [6, 6.07) is 3.82. The van der Waals surface area contributed by atoms with Gasteiger partial charge in [-0.05, 0) is 44.9 Å². The quantitative estimate of drug-likeness (QED) is 0.741. The van der Waals surface area contributed by atoms with Crippen molar-refractivity contribution >= 4 is 17.5 Å². The molecule has 0 bridgehead atoms. The molecular formula is C21H24FNO5. The van der Waals surface area contributed by atoms with Crippen LogP contribution in [0.4, 0.5) is 4.39 Å². The molecule has 6 nitrogen and oxygen atoms in total. The maximum absolute atomic E-state index is 13.6. The third-order valence-electron chi connectivity index (χ3n) is 5.00. The summed E-state index contributed by atoms with van der Waals surface area (Å²) < 4.78 is 24.5. The van der Waals surface area contributed by atoms with Gasteiger partial charge in [0.1, 0.15) is 17.2 Å². The highest BCUT2D eigenvalue weighted by molar-refractivity contribution is 6.03. The number of likely N-dealkylation sites (tertiary alicyclic amines) is 1. The largest absolute Gasteiger partial charge is 0.496 e. The fourth-order valence-corrected chi connectivity index (χ4v) is 3.71. The van der Waals surface area contributed by atoms with Gasteiger partial charge in [-0.15, -0.1) is 0 Å². The summed E-state index contributed by atoms with van der Waals surface area (Å²) >= 11 is 0. The number of rotatable bonds is 4. The number of ether oxygens (including phenoxy) is 2. The van der Waals surface area contributed by atoms with Crippen molar-refractivity contribution in [1.29, 1.82) is 0 Å². The number of hydrogen-bond donors (Lipinski definition) is 0. The van der Waals surface area contributed by atoms with Crippen molar-refractivity contribution in [3.8, 4) is 5.75 Å². The predicted molar refractivity (Wildman–Crippen MR) is 99.5 cm³/mol. The molecule has 1 aromatic carbocycles. The Morgan fingerprint density at radius 3 is 2.75 bits per heavy atom. The molecule has 2 heterocycles. The van der Waals surface area contributed by atoms with Crippen LogP contribution in [0, 0.1) is 11.7 Å². The van der Waals surface area contributed by atoms with Crippen molar-refractivity contribution in [1.82, 2.24) is 4.90 Å². The van der Waals surface area contributed by atoms with Crippen molar-refractivity contribution in [2.24, 2.45) is 5.92 Å². The first-order valence-corrected chi connectivity index (χ1v) is 9.31. The number of allylic oxidation sites excluding steroid dienone is 1. The Bertz CT molecular complexity index is 845. The molecule has 1 atom stereocenters. The van der Waals surface area contributed by atoms with E-state index in [9.17, 15) is 18.8 Å². The van der Waals surface area contributed by atoms with E-state index >= 15 is 0 Å². The molecule has 7 heteroatoms. The number of carbonyl (C=O) groups is 3. The molecule has 0 aromatic heterocycles. The summed E-state index contributed by atoms with van der Waals surface area (Å²) in [4.78, 5) is 39.2. The maximum Gasteiger partial charge on any atom is 0.289 e. The van der Waals surface area contributed by atoms with Crippen molar-refractivity contribution in [2.75, 3.05) is 20.2 Å². The van der Waals surface area contributed by atoms with Crippen LogP contribution in [0.25, 0.3) is 0 Å². The van der Waals surface area contributed by atoms with Crippen molar-refractivity contribution in [3.05, 3.63) is 41.4 Å². The van der Waals surface area contributed by atoms with Crippen LogP contribution in [0.1, 0.15) is 43.5 Å². The highest BCUT2D eigenvalue weighted by Crippen LogP contribution is 2.30. The molecule has 0 aliphatic carbocycles. The average molecular weight is 389 g/mol. The van der Waals surface area contributed by atoms with Crippen LogP contribution in [0.15, 0.2) is 30.0 Å². The molecule has 3 rings (SSSR count). The lowest BCUT2D eigenvalue weighted by atomic mass is 9.89. The number of ketones is 2. The highest BCUT2D eigenvalue weighted by atomic mass is 19.1. The van der Waals surface area contributed by atoms with Gasteiger partial charge in [0.05, 0.1) is 12.7 Å². The normalized spacial score (nSPS) is 21.6. The van der Waals surface area contributed by atoms with Crippen molar-refractivity contribution in [2.45, 2.75) is 38.7 Å². The minimum atomic E-state index is -0.739. The number of amides is 1. The first kappa shape index (κ1) is 20.0. The van der Waals surface area contributed by atoms with E-state index in [0.717, 1.165) is 6.07 Å². The van der Waals surface area contributed by atoms with Gasteiger partial charge in [0.25, 0.3) is 5.91 Å². The molecule has 0 spiro atoms. The van der Waals surface area contributed by atoms with Gasteiger partial charge in [-0.3, -0.25) is 14.4 Å². The van der Waals surface area contributed by atoms with E-state index in [0.29, 0.717) is 25.1 Å². The van der Waals surface area contributed by atoms with Gasteiger partial charge in [0, 0.05) is 31.5 Å². The van der Waals surface area contributed by atoms with Gasteiger partial charge in [0.2, 0.25) is 0 Å². The molecule has 1 fully saturated rings. The summed E-state index contributed by atoms with van der Waals surface area (Å²) in [6.07, 6.45) is 2.66. The average Bonchev–Trinajstić information content (AvgIpc) is 2.65. The van der Waals surface area contributed by atoms with Crippen LogP contribution in [-0.4, -0.2) is 48.2 Å². The van der Waals surface area contributed by atoms with E-state index < -0.39 is 23.2 Å². The number of piperidine rings is 1. The van der Waals surface area contributed by atoms with Crippen LogP contribution in [0.3, 0.4) is 0 Å². The second-order valence-electron chi connectivity index (χ2n) is 7.81. The first-order valence-electron chi connectivity index (χ1n) is 9.31. The third kappa shape index (κ3) is 4.24.